The van der Waals surface area contributed by atoms with Crippen molar-refractivity contribution in [2.45, 2.75) is 6.54 Å². The standard InChI is InChI=1S/C13H13BrN2OS.ClH/c1-16(7-9-5-12(14)18-8-9)13(17)10-3-2-4-11(15)6-10;/h2-6,8H,7,15H2,1H3;1H. The Bertz CT molecular complexity index is 573. The van der Waals surface area contributed by atoms with E-state index in [1.54, 1.807) is 47.5 Å². The molecule has 19 heavy (non-hydrogen) atoms. The molecule has 2 rings (SSSR count). The summed E-state index contributed by atoms with van der Waals surface area (Å²) in [6, 6.07) is 9.05. The number of hydrogen-bond donors (Lipinski definition) is 1. The molecule has 2 N–H and O–H groups in total. The van der Waals surface area contributed by atoms with Gasteiger partial charge < -0.3 is 10.6 Å². The van der Waals surface area contributed by atoms with E-state index in [1.807, 2.05) is 11.4 Å². The zero-order valence-corrected chi connectivity index (χ0v) is 13.5. The number of carbonyl (C=O) groups is 1. The lowest BCUT2D eigenvalue weighted by atomic mass is 10.1. The van der Waals surface area contributed by atoms with Gasteiger partial charge in [-0.3, -0.25) is 4.79 Å². The average Bonchev–Trinajstić information content (AvgIpc) is 2.73. The van der Waals surface area contributed by atoms with Crippen LogP contribution in [0.15, 0.2) is 39.5 Å². The molecule has 0 saturated carbocycles. The molecular formula is C13H14BrClN2OS. The number of nitrogens with two attached hydrogens (primary N) is 1. The molecule has 0 fully saturated rings. The van der Waals surface area contributed by atoms with E-state index in [0.717, 1.165) is 9.35 Å². The largest absolute Gasteiger partial charge is 0.399 e. The van der Waals surface area contributed by atoms with Crippen molar-refractivity contribution in [2.24, 2.45) is 0 Å². The first-order chi connectivity index (χ1) is 8.56. The molecule has 0 atom stereocenters. The lowest BCUT2D eigenvalue weighted by Crippen LogP contribution is -2.26. The van der Waals surface area contributed by atoms with Gasteiger partial charge in [0.15, 0.2) is 0 Å². The first-order valence-electron chi connectivity index (χ1n) is 5.40. The van der Waals surface area contributed by atoms with Gasteiger partial charge in [-0.05, 0) is 51.1 Å². The van der Waals surface area contributed by atoms with Crippen LogP contribution in [-0.4, -0.2) is 17.9 Å². The molecule has 2 aromatic rings. The van der Waals surface area contributed by atoms with Gasteiger partial charge in [-0.1, -0.05) is 6.07 Å². The number of halogens is 2. The molecule has 0 aliphatic carbocycles. The zero-order chi connectivity index (χ0) is 13.1. The van der Waals surface area contributed by atoms with Crippen LogP contribution in [-0.2, 0) is 6.54 Å². The minimum atomic E-state index is -0.0235. The van der Waals surface area contributed by atoms with Gasteiger partial charge >= 0.3 is 0 Å². The van der Waals surface area contributed by atoms with E-state index in [-0.39, 0.29) is 18.3 Å². The van der Waals surface area contributed by atoms with Crippen molar-refractivity contribution in [2.75, 3.05) is 12.8 Å². The number of nitrogen functional groups attached to an aromatic ring is 1. The summed E-state index contributed by atoms with van der Waals surface area (Å²) in [6.45, 7) is 0.593. The Labute approximate surface area is 131 Å². The molecule has 0 saturated heterocycles. The lowest BCUT2D eigenvalue weighted by Gasteiger charge is -2.16. The third kappa shape index (κ3) is 4.23. The number of amides is 1. The van der Waals surface area contributed by atoms with Crippen molar-refractivity contribution in [1.29, 1.82) is 0 Å². The highest BCUT2D eigenvalue weighted by Crippen LogP contribution is 2.22. The molecule has 6 heteroatoms. The van der Waals surface area contributed by atoms with Crippen LogP contribution in [0.5, 0.6) is 0 Å². The maximum absolute atomic E-state index is 12.2. The number of benzene rings is 1. The van der Waals surface area contributed by atoms with Gasteiger partial charge in [0.25, 0.3) is 5.91 Å². The second-order valence-corrected chi connectivity index (χ2v) is 6.34. The van der Waals surface area contributed by atoms with Crippen LogP contribution in [0.4, 0.5) is 5.69 Å². The van der Waals surface area contributed by atoms with Gasteiger partial charge in [-0.15, -0.1) is 23.7 Å². The fraction of sp³-hybridized carbons (Fsp3) is 0.154. The fourth-order valence-electron chi connectivity index (χ4n) is 1.67. The number of anilines is 1. The first kappa shape index (κ1) is 16.0. The molecular weight excluding hydrogens is 348 g/mol. The highest BCUT2D eigenvalue weighted by atomic mass is 79.9. The van der Waals surface area contributed by atoms with Crippen molar-refractivity contribution in [3.05, 3.63) is 50.6 Å². The minimum absolute atomic E-state index is 0. The zero-order valence-electron chi connectivity index (χ0n) is 10.3. The predicted octanol–water partition coefficient (Wildman–Crippen LogP) is 3.79. The van der Waals surface area contributed by atoms with Crippen LogP contribution in [0.1, 0.15) is 15.9 Å². The predicted molar refractivity (Wildman–Crippen MR) is 85.9 cm³/mol. The molecule has 102 valence electrons. The Balaban J connectivity index is 0.00000180. The number of carbonyl (C=O) groups excluding carboxylic acids is 1. The van der Waals surface area contributed by atoms with E-state index in [2.05, 4.69) is 15.9 Å². The van der Waals surface area contributed by atoms with Crippen LogP contribution >= 0.6 is 39.7 Å². The first-order valence-corrected chi connectivity index (χ1v) is 7.07. The second kappa shape index (κ2) is 6.93. The van der Waals surface area contributed by atoms with Gasteiger partial charge in [0.05, 0.1) is 3.79 Å². The summed E-state index contributed by atoms with van der Waals surface area (Å²) < 4.78 is 1.07. The summed E-state index contributed by atoms with van der Waals surface area (Å²) in [5.41, 5.74) is 8.02. The Hall–Kier alpha value is -1.04. The maximum Gasteiger partial charge on any atom is 0.253 e. The van der Waals surface area contributed by atoms with Crippen molar-refractivity contribution >= 4 is 51.3 Å². The van der Waals surface area contributed by atoms with E-state index < -0.39 is 0 Å². The summed E-state index contributed by atoms with van der Waals surface area (Å²) in [5.74, 6) is -0.0235. The van der Waals surface area contributed by atoms with Crippen molar-refractivity contribution in [3.63, 3.8) is 0 Å². The number of nitrogens with zero attached hydrogens (tertiary/aromatic N) is 1. The van der Waals surface area contributed by atoms with Crippen LogP contribution < -0.4 is 5.73 Å². The van der Waals surface area contributed by atoms with Gasteiger partial charge in [-0.2, -0.15) is 0 Å². The summed E-state index contributed by atoms with van der Waals surface area (Å²) in [6.07, 6.45) is 0. The van der Waals surface area contributed by atoms with E-state index in [0.29, 0.717) is 17.8 Å². The molecule has 0 radical (unpaired) electrons. The van der Waals surface area contributed by atoms with Gasteiger partial charge in [0.2, 0.25) is 0 Å². The third-order valence-corrected chi connectivity index (χ3v) is 4.08. The molecule has 0 aliphatic heterocycles. The Morgan fingerprint density at radius 3 is 2.74 bits per heavy atom. The van der Waals surface area contributed by atoms with E-state index >= 15 is 0 Å². The number of rotatable bonds is 3. The molecule has 0 aliphatic rings. The molecule has 1 heterocycles. The highest BCUT2D eigenvalue weighted by Gasteiger charge is 2.12. The number of thiophene rings is 1. The van der Waals surface area contributed by atoms with Crippen molar-refractivity contribution in [1.82, 2.24) is 4.90 Å². The third-order valence-electron chi connectivity index (χ3n) is 2.52. The minimum Gasteiger partial charge on any atom is -0.399 e. The second-order valence-electron chi connectivity index (χ2n) is 4.05. The van der Waals surface area contributed by atoms with E-state index in [1.165, 1.54) is 0 Å². The van der Waals surface area contributed by atoms with Gasteiger partial charge in [-0.25, -0.2) is 0 Å². The van der Waals surface area contributed by atoms with Crippen LogP contribution in [0.2, 0.25) is 0 Å². The summed E-state index contributed by atoms with van der Waals surface area (Å²) in [4.78, 5) is 13.9. The Kier molecular flexibility index (Phi) is 5.85. The Morgan fingerprint density at radius 2 is 2.16 bits per heavy atom. The molecule has 0 bridgehead atoms. The van der Waals surface area contributed by atoms with Crippen molar-refractivity contribution < 1.29 is 4.79 Å². The summed E-state index contributed by atoms with van der Waals surface area (Å²) in [5, 5.41) is 2.03. The highest BCUT2D eigenvalue weighted by molar-refractivity contribution is 9.11. The maximum atomic E-state index is 12.2. The topological polar surface area (TPSA) is 46.3 Å². The monoisotopic (exact) mass is 360 g/mol. The molecule has 1 amide bonds. The molecule has 0 unspecified atom stereocenters. The summed E-state index contributed by atoms with van der Waals surface area (Å²) in [7, 11) is 1.79. The average molecular weight is 362 g/mol. The Morgan fingerprint density at radius 1 is 1.42 bits per heavy atom. The molecule has 0 spiro atoms. The summed E-state index contributed by atoms with van der Waals surface area (Å²) >= 11 is 5.03. The molecule has 1 aromatic heterocycles. The van der Waals surface area contributed by atoms with Crippen molar-refractivity contribution in [3.8, 4) is 0 Å². The van der Waals surface area contributed by atoms with E-state index in [9.17, 15) is 4.79 Å². The fourth-order valence-corrected chi connectivity index (χ4v) is 2.87. The van der Waals surface area contributed by atoms with Crippen LogP contribution in [0.3, 0.4) is 0 Å². The van der Waals surface area contributed by atoms with Crippen LogP contribution in [0, 0.1) is 0 Å². The van der Waals surface area contributed by atoms with Gasteiger partial charge in [0.1, 0.15) is 0 Å². The molecule has 3 nitrogen and oxygen atoms in total. The van der Waals surface area contributed by atoms with Crippen LogP contribution in [0.25, 0.3) is 0 Å². The smallest absolute Gasteiger partial charge is 0.253 e. The van der Waals surface area contributed by atoms with Gasteiger partial charge in [0, 0.05) is 24.8 Å². The van der Waals surface area contributed by atoms with E-state index in [4.69, 9.17) is 5.73 Å². The number of hydrogen-bond acceptors (Lipinski definition) is 3. The SMILES string of the molecule is CN(Cc1csc(Br)c1)C(=O)c1cccc(N)c1.Cl. The quantitative estimate of drug-likeness (QED) is 0.846. The normalized spacial score (nSPS) is 9.79. The molecule has 1 aromatic carbocycles. The lowest BCUT2D eigenvalue weighted by molar-refractivity contribution is 0.0785.